The molecule has 0 unspecified atom stereocenters. The van der Waals surface area contributed by atoms with Crippen LogP contribution in [-0.4, -0.2) is 48.4 Å². The van der Waals surface area contributed by atoms with Gasteiger partial charge in [-0.05, 0) is 6.92 Å². The molecule has 0 saturated carbocycles. The first-order valence-electron chi connectivity index (χ1n) is 6.47. The summed E-state index contributed by atoms with van der Waals surface area (Å²) >= 11 is 0. The molecule has 164 valence electrons. The van der Waals surface area contributed by atoms with Gasteiger partial charge < -0.3 is 4.74 Å². The zero-order chi connectivity index (χ0) is 22.7. The summed E-state index contributed by atoms with van der Waals surface area (Å²) in [6.07, 6.45) is -31.9. The number of halogens is 14. The monoisotopic (exact) mass is 449 g/mol. The summed E-state index contributed by atoms with van der Waals surface area (Å²) in [5.41, 5.74) is -15.6. The normalized spacial score (nSPS) is 20.0. The smallest absolute Gasteiger partial charge is 0.423 e. The maximum absolute atomic E-state index is 13.9. The third-order valence-electron chi connectivity index (χ3n) is 3.42. The van der Waals surface area contributed by atoms with Crippen molar-refractivity contribution < 1.29 is 71.0 Å². The number of nitrogens with zero attached hydrogens (tertiary/aromatic N) is 1. The molecule has 0 radical (unpaired) electrons. The van der Waals surface area contributed by atoms with Crippen LogP contribution in [0.15, 0.2) is 11.3 Å². The minimum atomic E-state index is -7.42. The highest BCUT2D eigenvalue weighted by Crippen LogP contribution is 2.73. The van der Waals surface area contributed by atoms with Gasteiger partial charge in [-0.15, -0.1) is 0 Å². The summed E-state index contributed by atoms with van der Waals surface area (Å²) < 4.78 is 186. The van der Waals surface area contributed by atoms with E-state index in [1.54, 1.807) is 0 Å². The van der Waals surface area contributed by atoms with Crippen LogP contribution in [-0.2, 0) is 4.74 Å². The SMILES string of the molecule is CCOC(=O)N1C(=C(C(F)(F)F)C(F)(F)F)C(C(F)(F)F)(C(F)(F)F)C1(F)F. The van der Waals surface area contributed by atoms with Crippen LogP contribution in [0.25, 0.3) is 0 Å². The van der Waals surface area contributed by atoms with Gasteiger partial charge in [0.25, 0.3) is 5.41 Å². The van der Waals surface area contributed by atoms with Crippen LogP contribution in [0.4, 0.5) is 66.3 Å². The van der Waals surface area contributed by atoms with E-state index in [1.165, 1.54) is 0 Å². The molecule has 17 heteroatoms. The molecule has 1 fully saturated rings. The molecular formula is C11H5F14NO2. The Morgan fingerprint density at radius 3 is 1.46 bits per heavy atom. The van der Waals surface area contributed by atoms with E-state index in [4.69, 9.17) is 0 Å². The number of carbonyl (C=O) groups excluding carboxylic acids is 1. The Morgan fingerprint density at radius 2 is 1.21 bits per heavy atom. The van der Waals surface area contributed by atoms with Gasteiger partial charge in [0.2, 0.25) is 0 Å². The molecular weight excluding hydrogens is 444 g/mol. The Bertz CT molecular complexity index is 635. The number of rotatable bonds is 1. The summed E-state index contributed by atoms with van der Waals surface area (Å²) in [5, 5.41) is 0. The van der Waals surface area contributed by atoms with Crippen molar-refractivity contribution in [2.45, 2.75) is 37.7 Å². The second kappa shape index (κ2) is 6.27. The Balaban J connectivity index is 4.21. The highest BCUT2D eigenvalue weighted by molar-refractivity contribution is 5.75. The predicted molar refractivity (Wildman–Crippen MR) is 57.5 cm³/mol. The van der Waals surface area contributed by atoms with Crippen LogP contribution in [0, 0.1) is 5.41 Å². The minimum absolute atomic E-state index is 0.744. The fraction of sp³-hybridized carbons (Fsp3) is 0.727. The lowest BCUT2D eigenvalue weighted by molar-refractivity contribution is -0.448. The van der Waals surface area contributed by atoms with Gasteiger partial charge in [-0.25, -0.2) is 9.69 Å². The third-order valence-corrected chi connectivity index (χ3v) is 3.42. The molecule has 0 aromatic heterocycles. The van der Waals surface area contributed by atoms with E-state index in [2.05, 4.69) is 4.74 Å². The van der Waals surface area contributed by atoms with Crippen molar-refractivity contribution in [3.63, 3.8) is 0 Å². The molecule has 0 aliphatic carbocycles. The molecule has 0 N–H and O–H groups in total. The minimum Gasteiger partial charge on any atom is -0.449 e. The number of hydrogen-bond acceptors (Lipinski definition) is 2. The van der Waals surface area contributed by atoms with Gasteiger partial charge in [-0.1, -0.05) is 0 Å². The molecule has 1 heterocycles. The van der Waals surface area contributed by atoms with Crippen LogP contribution < -0.4 is 0 Å². The number of likely N-dealkylation sites (tertiary alicyclic amines) is 1. The van der Waals surface area contributed by atoms with Crippen molar-refractivity contribution in [1.29, 1.82) is 0 Å². The lowest BCUT2D eigenvalue weighted by Gasteiger charge is -2.57. The molecule has 0 spiro atoms. The number of hydrogen-bond donors (Lipinski definition) is 0. The number of carbonyl (C=O) groups is 1. The average molecular weight is 449 g/mol. The van der Waals surface area contributed by atoms with E-state index in [-0.39, 0.29) is 0 Å². The van der Waals surface area contributed by atoms with E-state index in [9.17, 15) is 66.3 Å². The van der Waals surface area contributed by atoms with E-state index in [0.29, 0.717) is 0 Å². The summed E-state index contributed by atoms with van der Waals surface area (Å²) in [6.45, 7) is -0.328. The lowest BCUT2D eigenvalue weighted by Crippen LogP contribution is -2.80. The van der Waals surface area contributed by atoms with E-state index < -0.39 is 65.0 Å². The van der Waals surface area contributed by atoms with E-state index in [0.717, 1.165) is 6.92 Å². The first-order chi connectivity index (χ1) is 12.1. The average Bonchev–Trinajstić information content (AvgIpc) is 2.30. The van der Waals surface area contributed by atoms with Gasteiger partial charge in [0, 0.05) is 0 Å². The summed E-state index contributed by atoms with van der Waals surface area (Å²) in [6, 6.07) is -6.62. The van der Waals surface area contributed by atoms with Gasteiger partial charge in [0.05, 0.1) is 12.3 Å². The van der Waals surface area contributed by atoms with Crippen LogP contribution in [0.3, 0.4) is 0 Å². The quantitative estimate of drug-likeness (QED) is 0.389. The summed E-state index contributed by atoms with van der Waals surface area (Å²) in [7, 11) is 0. The second-order valence-corrected chi connectivity index (χ2v) is 5.04. The Morgan fingerprint density at radius 1 is 0.857 bits per heavy atom. The zero-order valence-electron chi connectivity index (χ0n) is 12.8. The van der Waals surface area contributed by atoms with Gasteiger partial charge in [0.15, 0.2) is 5.57 Å². The number of ether oxygens (including phenoxy) is 1. The van der Waals surface area contributed by atoms with Crippen molar-refractivity contribution in [2.24, 2.45) is 5.41 Å². The largest absolute Gasteiger partial charge is 0.449 e. The van der Waals surface area contributed by atoms with Gasteiger partial charge in [-0.3, -0.25) is 0 Å². The van der Waals surface area contributed by atoms with Crippen molar-refractivity contribution in [3.8, 4) is 0 Å². The van der Waals surface area contributed by atoms with Crippen molar-refractivity contribution >= 4 is 6.09 Å². The van der Waals surface area contributed by atoms with Gasteiger partial charge in [0.1, 0.15) is 0 Å². The number of amides is 1. The number of allylic oxidation sites excluding steroid dienone is 1. The van der Waals surface area contributed by atoms with E-state index in [1.807, 2.05) is 0 Å². The first-order valence-corrected chi connectivity index (χ1v) is 6.47. The van der Waals surface area contributed by atoms with Crippen LogP contribution >= 0.6 is 0 Å². The molecule has 0 aromatic carbocycles. The molecule has 0 aromatic rings. The summed E-state index contributed by atoms with van der Waals surface area (Å²) in [4.78, 5) is 9.03. The maximum atomic E-state index is 13.9. The highest BCUT2D eigenvalue weighted by Gasteiger charge is 2.96. The summed E-state index contributed by atoms with van der Waals surface area (Å²) in [5.74, 6) is 0. The van der Waals surface area contributed by atoms with Gasteiger partial charge in [-0.2, -0.15) is 61.5 Å². The fourth-order valence-corrected chi connectivity index (χ4v) is 2.46. The zero-order valence-corrected chi connectivity index (χ0v) is 12.8. The Labute approximate surface area is 144 Å². The van der Waals surface area contributed by atoms with Crippen molar-refractivity contribution in [1.82, 2.24) is 4.90 Å². The Hall–Kier alpha value is -1.97. The fourth-order valence-electron chi connectivity index (χ4n) is 2.46. The molecule has 0 bridgehead atoms. The van der Waals surface area contributed by atoms with Crippen LogP contribution in [0.5, 0.6) is 0 Å². The highest BCUT2D eigenvalue weighted by atomic mass is 19.4. The number of alkyl halides is 14. The van der Waals surface area contributed by atoms with Crippen molar-refractivity contribution in [2.75, 3.05) is 6.61 Å². The molecule has 1 amide bonds. The van der Waals surface area contributed by atoms with Crippen LogP contribution in [0.1, 0.15) is 6.92 Å². The molecule has 28 heavy (non-hydrogen) atoms. The standard InChI is InChI=1S/C11H5F14NO2/c1-2-28-5(27)26-4(3(7(12,13)14)8(15,16)17)6(9(18,19)20,10(21,22)23)11(26,24)25/h2H2,1H3. The van der Waals surface area contributed by atoms with E-state index >= 15 is 0 Å². The van der Waals surface area contributed by atoms with Crippen molar-refractivity contribution in [3.05, 3.63) is 11.3 Å². The molecule has 1 aliphatic heterocycles. The first kappa shape index (κ1) is 24.1. The van der Waals surface area contributed by atoms with Crippen LogP contribution in [0.2, 0.25) is 0 Å². The molecule has 1 rings (SSSR count). The lowest BCUT2D eigenvalue weighted by atomic mass is 9.69. The second-order valence-electron chi connectivity index (χ2n) is 5.04. The molecule has 3 nitrogen and oxygen atoms in total. The Kier molecular flexibility index (Phi) is 5.39. The molecule has 1 saturated heterocycles. The topological polar surface area (TPSA) is 29.5 Å². The van der Waals surface area contributed by atoms with Gasteiger partial charge >= 0.3 is 36.8 Å². The predicted octanol–water partition coefficient (Wildman–Crippen LogP) is 5.54. The molecule has 1 aliphatic rings. The maximum Gasteiger partial charge on any atom is 0.423 e. The molecule has 0 atom stereocenters. The third kappa shape index (κ3) is 3.11.